The van der Waals surface area contributed by atoms with Crippen LogP contribution in [0, 0.1) is 0 Å². The van der Waals surface area contributed by atoms with Gasteiger partial charge in [0, 0.05) is 5.39 Å². The third-order valence-electron chi connectivity index (χ3n) is 3.85. The number of aliphatic hydroxyl groups is 1. The Morgan fingerprint density at radius 2 is 1.89 bits per heavy atom. The summed E-state index contributed by atoms with van der Waals surface area (Å²) in [5.41, 5.74) is 0.837. The van der Waals surface area contributed by atoms with Gasteiger partial charge in [-0.05, 0) is 31.0 Å². The van der Waals surface area contributed by atoms with Crippen molar-refractivity contribution < 1.29 is 5.11 Å². The van der Waals surface area contributed by atoms with Gasteiger partial charge in [-0.25, -0.2) is 4.98 Å². The van der Waals surface area contributed by atoms with Crippen molar-refractivity contribution in [1.82, 2.24) is 4.98 Å². The quantitative estimate of drug-likeness (QED) is 0.869. The number of para-hydroxylation sites is 1. The molecule has 1 saturated carbocycles. The summed E-state index contributed by atoms with van der Waals surface area (Å²) in [6.45, 7) is 0.182. The lowest BCUT2D eigenvalue weighted by molar-refractivity contribution is 0.214. The molecule has 0 spiro atoms. The Hall–Kier alpha value is -1.61. The number of nitrogens with one attached hydrogen (secondary N) is 1. The fourth-order valence-corrected chi connectivity index (χ4v) is 2.78. The van der Waals surface area contributed by atoms with Crippen LogP contribution in [0.2, 0.25) is 0 Å². The summed E-state index contributed by atoms with van der Waals surface area (Å²) < 4.78 is 0. The van der Waals surface area contributed by atoms with E-state index in [-0.39, 0.29) is 12.1 Å². The van der Waals surface area contributed by atoms with Gasteiger partial charge in [0.25, 0.3) is 0 Å². The van der Waals surface area contributed by atoms with Gasteiger partial charge in [0.05, 0.1) is 17.7 Å². The molecule has 0 aliphatic heterocycles. The standard InChI is InChI=1S/C15H18N2O/c18-11-15(9-3-4-10-15)17-14-8-7-12-5-1-2-6-13(12)16-14/h1-2,5-8,18H,3-4,9-11H2,(H,16,17). The SMILES string of the molecule is OCC1(Nc2ccc3ccccc3n2)CCCC1. The van der Waals surface area contributed by atoms with Crippen molar-refractivity contribution >= 4 is 16.7 Å². The number of rotatable bonds is 3. The highest BCUT2D eigenvalue weighted by atomic mass is 16.3. The monoisotopic (exact) mass is 242 g/mol. The highest BCUT2D eigenvalue weighted by molar-refractivity contribution is 5.80. The Bertz CT molecular complexity index is 547. The molecule has 1 heterocycles. The molecule has 2 aromatic rings. The van der Waals surface area contributed by atoms with Crippen molar-refractivity contribution in [3.8, 4) is 0 Å². The molecule has 0 saturated heterocycles. The zero-order chi connectivity index (χ0) is 12.4. The van der Waals surface area contributed by atoms with Gasteiger partial charge in [-0.1, -0.05) is 31.0 Å². The predicted octanol–water partition coefficient (Wildman–Crippen LogP) is 2.95. The van der Waals surface area contributed by atoms with Crippen molar-refractivity contribution in [3.05, 3.63) is 36.4 Å². The Balaban J connectivity index is 1.90. The average molecular weight is 242 g/mol. The van der Waals surface area contributed by atoms with E-state index >= 15 is 0 Å². The number of aromatic nitrogens is 1. The van der Waals surface area contributed by atoms with E-state index < -0.39 is 0 Å². The largest absolute Gasteiger partial charge is 0.394 e. The van der Waals surface area contributed by atoms with Crippen molar-refractivity contribution in [2.45, 2.75) is 31.2 Å². The number of nitrogens with zero attached hydrogens (tertiary/aromatic N) is 1. The van der Waals surface area contributed by atoms with Crippen LogP contribution in [-0.4, -0.2) is 22.2 Å². The zero-order valence-electron chi connectivity index (χ0n) is 10.4. The molecule has 94 valence electrons. The number of anilines is 1. The lowest BCUT2D eigenvalue weighted by Crippen LogP contribution is -2.39. The van der Waals surface area contributed by atoms with Crippen LogP contribution in [0.3, 0.4) is 0 Å². The highest BCUT2D eigenvalue weighted by Gasteiger charge is 2.33. The molecule has 18 heavy (non-hydrogen) atoms. The van der Waals surface area contributed by atoms with Crippen LogP contribution in [0.25, 0.3) is 10.9 Å². The maximum atomic E-state index is 9.60. The van der Waals surface area contributed by atoms with E-state index in [1.807, 2.05) is 24.3 Å². The number of fused-ring (bicyclic) bond motifs is 1. The van der Waals surface area contributed by atoms with Gasteiger partial charge in [0.15, 0.2) is 0 Å². The van der Waals surface area contributed by atoms with Crippen LogP contribution >= 0.6 is 0 Å². The smallest absolute Gasteiger partial charge is 0.127 e. The summed E-state index contributed by atoms with van der Waals surface area (Å²) in [5, 5.41) is 14.2. The first-order valence-electron chi connectivity index (χ1n) is 6.56. The van der Waals surface area contributed by atoms with Crippen molar-refractivity contribution in [3.63, 3.8) is 0 Å². The van der Waals surface area contributed by atoms with Gasteiger partial charge in [0.1, 0.15) is 5.82 Å². The first kappa shape index (κ1) is 11.5. The van der Waals surface area contributed by atoms with Crippen LogP contribution in [-0.2, 0) is 0 Å². The fraction of sp³-hybridized carbons (Fsp3) is 0.400. The Labute approximate surface area is 107 Å². The van der Waals surface area contributed by atoms with E-state index in [4.69, 9.17) is 0 Å². The molecule has 0 atom stereocenters. The first-order valence-corrected chi connectivity index (χ1v) is 6.56. The number of pyridine rings is 1. The molecule has 3 heteroatoms. The summed E-state index contributed by atoms with van der Waals surface area (Å²) >= 11 is 0. The summed E-state index contributed by atoms with van der Waals surface area (Å²) in [6, 6.07) is 12.2. The normalized spacial score (nSPS) is 18.1. The third kappa shape index (κ3) is 2.06. The Morgan fingerprint density at radius 3 is 2.67 bits per heavy atom. The molecular formula is C15H18N2O. The van der Waals surface area contributed by atoms with Crippen molar-refractivity contribution in [2.75, 3.05) is 11.9 Å². The molecule has 0 unspecified atom stereocenters. The molecule has 3 nitrogen and oxygen atoms in total. The van der Waals surface area contributed by atoms with Crippen LogP contribution in [0.1, 0.15) is 25.7 Å². The lowest BCUT2D eigenvalue weighted by Gasteiger charge is -2.28. The van der Waals surface area contributed by atoms with Gasteiger partial charge in [0.2, 0.25) is 0 Å². The molecule has 1 aliphatic rings. The average Bonchev–Trinajstić information content (AvgIpc) is 2.88. The molecule has 1 aromatic carbocycles. The number of hydrogen-bond acceptors (Lipinski definition) is 3. The van der Waals surface area contributed by atoms with E-state index in [1.54, 1.807) is 0 Å². The second-order valence-electron chi connectivity index (χ2n) is 5.16. The maximum Gasteiger partial charge on any atom is 0.127 e. The summed E-state index contributed by atoms with van der Waals surface area (Å²) in [7, 11) is 0. The van der Waals surface area contributed by atoms with Crippen molar-refractivity contribution in [1.29, 1.82) is 0 Å². The van der Waals surface area contributed by atoms with Gasteiger partial charge >= 0.3 is 0 Å². The molecule has 0 bridgehead atoms. The van der Waals surface area contributed by atoms with E-state index in [0.717, 1.165) is 29.6 Å². The second kappa shape index (κ2) is 4.58. The first-order chi connectivity index (χ1) is 8.81. The van der Waals surface area contributed by atoms with Crippen LogP contribution in [0.15, 0.2) is 36.4 Å². The van der Waals surface area contributed by atoms with Crippen LogP contribution in [0.4, 0.5) is 5.82 Å². The molecule has 3 rings (SSSR count). The van der Waals surface area contributed by atoms with E-state index in [1.165, 1.54) is 12.8 Å². The summed E-state index contributed by atoms with van der Waals surface area (Å²) in [4.78, 5) is 4.61. The van der Waals surface area contributed by atoms with Crippen molar-refractivity contribution in [2.24, 2.45) is 0 Å². The molecule has 0 radical (unpaired) electrons. The van der Waals surface area contributed by atoms with Gasteiger partial charge in [-0.3, -0.25) is 0 Å². The van der Waals surface area contributed by atoms with E-state index in [2.05, 4.69) is 22.4 Å². The number of benzene rings is 1. The minimum absolute atomic E-state index is 0.157. The van der Waals surface area contributed by atoms with Gasteiger partial charge in [-0.15, -0.1) is 0 Å². The number of hydrogen-bond donors (Lipinski definition) is 2. The minimum atomic E-state index is -0.157. The summed E-state index contributed by atoms with van der Waals surface area (Å²) in [6.07, 6.45) is 4.41. The zero-order valence-corrected chi connectivity index (χ0v) is 10.4. The van der Waals surface area contributed by atoms with Gasteiger partial charge < -0.3 is 10.4 Å². The second-order valence-corrected chi connectivity index (χ2v) is 5.16. The molecule has 1 fully saturated rings. The third-order valence-corrected chi connectivity index (χ3v) is 3.85. The van der Waals surface area contributed by atoms with Crippen LogP contribution < -0.4 is 5.32 Å². The molecule has 2 N–H and O–H groups in total. The van der Waals surface area contributed by atoms with E-state index in [0.29, 0.717) is 0 Å². The predicted molar refractivity (Wildman–Crippen MR) is 73.7 cm³/mol. The maximum absolute atomic E-state index is 9.60. The Morgan fingerprint density at radius 1 is 1.11 bits per heavy atom. The molecule has 1 aliphatic carbocycles. The number of aliphatic hydroxyl groups excluding tert-OH is 1. The lowest BCUT2D eigenvalue weighted by atomic mass is 9.99. The highest BCUT2D eigenvalue weighted by Crippen LogP contribution is 2.32. The van der Waals surface area contributed by atoms with Crippen LogP contribution in [0.5, 0.6) is 0 Å². The topological polar surface area (TPSA) is 45.1 Å². The molecular weight excluding hydrogens is 224 g/mol. The summed E-state index contributed by atoms with van der Waals surface area (Å²) in [5.74, 6) is 0.865. The van der Waals surface area contributed by atoms with Gasteiger partial charge in [-0.2, -0.15) is 0 Å². The Kier molecular flexibility index (Phi) is 2.92. The van der Waals surface area contributed by atoms with E-state index in [9.17, 15) is 5.11 Å². The fourth-order valence-electron chi connectivity index (χ4n) is 2.78. The minimum Gasteiger partial charge on any atom is -0.394 e. The molecule has 0 amide bonds. The molecule has 1 aromatic heterocycles.